The lowest BCUT2D eigenvalue weighted by molar-refractivity contribution is -0.120. The Morgan fingerprint density at radius 3 is 2.76 bits per heavy atom. The van der Waals surface area contributed by atoms with Gasteiger partial charge in [-0.05, 0) is 42.7 Å². The summed E-state index contributed by atoms with van der Waals surface area (Å²) >= 11 is 5.82. The van der Waals surface area contributed by atoms with E-state index in [0.29, 0.717) is 10.9 Å². The highest BCUT2D eigenvalue weighted by Gasteiger charge is 2.59. The average molecular weight is 363 g/mol. The molecule has 3 rings (SSSR count). The van der Waals surface area contributed by atoms with Gasteiger partial charge >= 0.3 is 0 Å². The average Bonchev–Trinajstić information content (AvgIpc) is 2.91. The van der Waals surface area contributed by atoms with E-state index in [2.05, 4.69) is 41.6 Å². The van der Waals surface area contributed by atoms with Crippen molar-refractivity contribution < 1.29 is 9.59 Å². The fourth-order valence-corrected chi connectivity index (χ4v) is 4.21. The number of hydrogen-bond donors (Lipinski definition) is 2. The van der Waals surface area contributed by atoms with Gasteiger partial charge in [-0.1, -0.05) is 32.4 Å². The zero-order valence-electron chi connectivity index (χ0n) is 14.7. The second kappa shape index (κ2) is 6.41. The molecule has 0 saturated heterocycles. The summed E-state index contributed by atoms with van der Waals surface area (Å²) in [7, 11) is 0. The Morgan fingerprint density at radius 1 is 1.40 bits per heavy atom. The lowest BCUT2D eigenvalue weighted by Gasteiger charge is -2.34. The summed E-state index contributed by atoms with van der Waals surface area (Å²) in [5.74, 6) is -0.174. The van der Waals surface area contributed by atoms with Gasteiger partial charge in [0.15, 0.2) is 0 Å². The summed E-state index contributed by atoms with van der Waals surface area (Å²) in [4.78, 5) is 27.9. The van der Waals surface area contributed by atoms with Gasteiger partial charge in [-0.3, -0.25) is 14.6 Å². The van der Waals surface area contributed by atoms with Crippen molar-refractivity contribution >= 4 is 29.1 Å². The van der Waals surface area contributed by atoms with Gasteiger partial charge in [-0.15, -0.1) is 0 Å². The molecule has 1 aromatic heterocycles. The van der Waals surface area contributed by atoms with E-state index in [0.717, 1.165) is 18.6 Å². The first-order valence-electron chi connectivity index (χ1n) is 8.49. The zero-order valence-corrected chi connectivity index (χ0v) is 15.5. The molecule has 134 valence electrons. The normalized spacial score (nSPS) is 28.2. The van der Waals surface area contributed by atoms with Crippen molar-refractivity contribution in [3.05, 3.63) is 29.0 Å². The van der Waals surface area contributed by atoms with Crippen molar-refractivity contribution in [3.63, 3.8) is 0 Å². The van der Waals surface area contributed by atoms with E-state index < -0.39 is 5.91 Å². The maximum Gasteiger partial charge on any atom is 0.270 e. The van der Waals surface area contributed by atoms with Crippen LogP contribution < -0.4 is 10.7 Å². The quantitative estimate of drug-likeness (QED) is 0.808. The van der Waals surface area contributed by atoms with E-state index in [-0.39, 0.29) is 29.0 Å². The SMILES string of the molecule is CC1(C)[C@H]2CC[C@@]1(C)/C(=N/NC(=O)CNC(=O)c1cc(Cl)ccn1)C2. The molecule has 25 heavy (non-hydrogen) atoms. The number of carbonyl (C=O) groups is 2. The van der Waals surface area contributed by atoms with Crippen LogP contribution in [0.2, 0.25) is 5.02 Å². The van der Waals surface area contributed by atoms with Gasteiger partial charge in [0.1, 0.15) is 5.69 Å². The van der Waals surface area contributed by atoms with Gasteiger partial charge in [0, 0.05) is 22.3 Å². The maximum atomic E-state index is 12.0. The molecular formula is C18H23ClN4O2. The Morgan fingerprint density at radius 2 is 2.16 bits per heavy atom. The van der Waals surface area contributed by atoms with Crippen LogP contribution in [0.1, 0.15) is 50.5 Å². The molecule has 1 heterocycles. The molecule has 1 aromatic rings. The molecule has 0 unspecified atom stereocenters. The van der Waals surface area contributed by atoms with Gasteiger partial charge in [0.2, 0.25) is 0 Å². The third-order valence-corrected chi connectivity index (χ3v) is 6.43. The van der Waals surface area contributed by atoms with Gasteiger partial charge in [-0.25, -0.2) is 5.43 Å². The van der Waals surface area contributed by atoms with E-state index in [1.54, 1.807) is 6.07 Å². The fraction of sp³-hybridized carbons (Fsp3) is 0.556. The maximum absolute atomic E-state index is 12.0. The molecule has 2 aliphatic carbocycles. The second-order valence-corrected chi connectivity index (χ2v) is 8.07. The summed E-state index contributed by atoms with van der Waals surface area (Å²) in [5, 5.41) is 7.31. The lowest BCUT2D eigenvalue weighted by Crippen LogP contribution is -2.37. The minimum Gasteiger partial charge on any atom is -0.342 e. The van der Waals surface area contributed by atoms with Crippen LogP contribution in [0.5, 0.6) is 0 Å². The lowest BCUT2D eigenvalue weighted by atomic mass is 9.70. The fourth-order valence-electron chi connectivity index (χ4n) is 4.05. The number of hydrogen-bond acceptors (Lipinski definition) is 4. The largest absolute Gasteiger partial charge is 0.342 e. The molecule has 7 heteroatoms. The highest BCUT2D eigenvalue weighted by molar-refractivity contribution is 6.30. The number of pyridine rings is 1. The van der Waals surface area contributed by atoms with E-state index in [4.69, 9.17) is 11.6 Å². The minimum absolute atomic E-state index is 0.0406. The molecule has 2 aliphatic rings. The zero-order chi connectivity index (χ0) is 18.2. The van der Waals surface area contributed by atoms with Crippen LogP contribution in [-0.4, -0.2) is 29.1 Å². The van der Waals surface area contributed by atoms with E-state index in [9.17, 15) is 9.59 Å². The molecule has 0 radical (unpaired) electrons. The highest BCUT2D eigenvalue weighted by Crippen LogP contribution is 2.63. The summed E-state index contributed by atoms with van der Waals surface area (Å²) in [6.07, 6.45) is 4.71. The molecule has 2 saturated carbocycles. The molecule has 2 fully saturated rings. The second-order valence-electron chi connectivity index (χ2n) is 7.63. The minimum atomic E-state index is -0.446. The van der Waals surface area contributed by atoms with Crippen LogP contribution in [0, 0.1) is 16.7 Å². The molecule has 2 amide bonds. The monoisotopic (exact) mass is 362 g/mol. The first-order valence-corrected chi connectivity index (χ1v) is 8.87. The Hall–Kier alpha value is -1.95. The van der Waals surface area contributed by atoms with Crippen LogP contribution in [0.25, 0.3) is 0 Å². The van der Waals surface area contributed by atoms with E-state index in [1.807, 2.05) is 0 Å². The number of nitrogens with one attached hydrogen (secondary N) is 2. The van der Waals surface area contributed by atoms with Crippen molar-refractivity contribution in [2.24, 2.45) is 21.8 Å². The van der Waals surface area contributed by atoms with Crippen LogP contribution in [0.3, 0.4) is 0 Å². The number of hydrazone groups is 1. The van der Waals surface area contributed by atoms with Crippen LogP contribution >= 0.6 is 11.6 Å². The van der Waals surface area contributed by atoms with E-state index >= 15 is 0 Å². The Labute approximate surface area is 152 Å². The Bertz CT molecular complexity index is 746. The first kappa shape index (κ1) is 17.9. The number of carbonyl (C=O) groups excluding carboxylic acids is 2. The smallest absolute Gasteiger partial charge is 0.270 e. The van der Waals surface area contributed by atoms with Gasteiger partial charge in [0.05, 0.1) is 6.54 Å². The highest BCUT2D eigenvalue weighted by atomic mass is 35.5. The number of fused-ring (bicyclic) bond motifs is 2. The van der Waals surface area contributed by atoms with Gasteiger partial charge < -0.3 is 5.32 Å². The van der Waals surface area contributed by atoms with Crippen molar-refractivity contribution in [1.29, 1.82) is 0 Å². The Kier molecular flexibility index (Phi) is 4.58. The summed E-state index contributed by atoms with van der Waals surface area (Å²) in [5.41, 5.74) is 4.07. The van der Waals surface area contributed by atoms with Gasteiger partial charge in [-0.2, -0.15) is 5.10 Å². The first-order chi connectivity index (χ1) is 11.7. The number of halogens is 1. The molecule has 2 N–H and O–H groups in total. The van der Waals surface area contributed by atoms with Crippen molar-refractivity contribution in [2.75, 3.05) is 6.54 Å². The van der Waals surface area contributed by atoms with Crippen molar-refractivity contribution in [2.45, 2.75) is 40.0 Å². The van der Waals surface area contributed by atoms with Gasteiger partial charge in [0.25, 0.3) is 11.8 Å². The van der Waals surface area contributed by atoms with Crippen LogP contribution in [0.4, 0.5) is 0 Å². The summed E-state index contributed by atoms with van der Waals surface area (Å²) < 4.78 is 0. The Balaban J connectivity index is 1.55. The predicted molar refractivity (Wildman–Crippen MR) is 96.4 cm³/mol. The number of rotatable bonds is 4. The molecular weight excluding hydrogens is 340 g/mol. The molecule has 2 atom stereocenters. The van der Waals surface area contributed by atoms with E-state index in [1.165, 1.54) is 18.7 Å². The predicted octanol–water partition coefficient (Wildman–Crippen LogP) is 2.78. The van der Waals surface area contributed by atoms with Crippen LogP contribution in [0.15, 0.2) is 23.4 Å². The molecule has 0 aromatic carbocycles. The number of aromatic nitrogens is 1. The topological polar surface area (TPSA) is 83.5 Å². The summed E-state index contributed by atoms with van der Waals surface area (Å²) in [6, 6.07) is 3.03. The van der Waals surface area contributed by atoms with Crippen molar-refractivity contribution in [1.82, 2.24) is 15.7 Å². The van der Waals surface area contributed by atoms with Crippen molar-refractivity contribution in [3.8, 4) is 0 Å². The number of nitrogens with zero attached hydrogens (tertiary/aromatic N) is 2. The molecule has 2 bridgehead atoms. The third kappa shape index (κ3) is 3.15. The molecule has 0 spiro atoms. The standard InChI is InChI=1S/C18H23ClN4O2/c1-17(2)11-4-6-18(17,3)14(8-11)22-23-15(24)10-21-16(25)13-9-12(19)5-7-20-13/h5,7,9,11H,4,6,8,10H2,1-3H3,(H,21,25)(H,23,24)/b22-14+/t11-,18-/m0/s1. The third-order valence-electron chi connectivity index (χ3n) is 6.19. The van der Waals surface area contributed by atoms with Crippen LogP contribution in [-0.2, 0) is 4.79 Å². The molecule has 6 nitrogen and oxygen atoms in total. The molecule has 0 aliphatic heterocycles. The summed E-state index contributed by atoms with van der Waals surface area (Å²) in [6.45, 7) is 6.64. The number of amides is 2.